The summed E-state index contributed by atoms with van der Waals surface area (Å²) in [4.78, 5) is 17.1. The summed E-state index contributed by atoms with van der Waals surface area (Å²) in [5.74, 6) is 0.485. The quantitative estimate of drug-likeness (QED) is 0.837. The lowest BCUT2D eigenvalue weighted by atomic mass is 9.91. The number of likely N-dealkylation sites (tertiary alicyclic amines) is 1. The molecule has 1 aromatic rings. The van der Waals surface area contributed by atoms with Crippen LogP contribution in [0.3, 0.4) is 0 Å². The first-order valence-electron chi connectivity index (χ1n) is 6.13. The summed E-state index contributed by atoms with van der Waals surface area (Å²) < 4.78 is 0. The summed E-state index contributed by atoms with van der Waals surface area (Å²) in [6, 6.07) is 4.11. The van der Waals surface area contributed by atoms with Gasteiger partial charge in [0.15, 0.2) is 0 Å². The van der Waals surface area contributed by atoms with E-state index in [1.54, 1.807) is 6.20 Å². The van der Waals surface area contributed by atoms with Crippen LogP contribution in [0.1, 0.15) is 18.4 Å². The Kier molecular flexibility index (Phi) is 4.09. The molecule has 0 aromatic carbocycles. The zero-order chi connectivity index (χ0) is 12.1. The van der Waals surface area contributed by atoms with Gasteiger partial charge in [-0.25, -0.2) is 0 Å². The highest BCUT2D eigenvalue weighted by Crippen LogP contribution is 2.20. The fraction of sp³-hybridized carbons (Fsp3) is 0.538. The van der Waals surface area contributed by atoms with Crippen LogP contribution in [0.4, 0.5) is 0 Å². The predicted octanol–water partition coefficient (Wildman–Crippen LogP) is 0.821. The molecule has 1 aliphatic rings. The molecule has 92 valence electrons. The zero-order valence-electron chi connectivity index (χ0n) is 10.0. The second-order valence-electron chi connectivity index (χ2n) is 4.75. The first kappa shape index (κ1) is 12.0. The van der Waals surface area contributed by atoms with Crippen LogP contribution in [0, 0.1) is 5.92 Å². The van der Waals surface area contributed by atoms with Crippen molar-refractivity contribution in [3.63, 3.8) is 0 Å². The average molecular weight is 233 g/mol. The number of carbonyl (C=O) groups is 1. The van der Waals surface area contributed by atoms with Crippen LogP contribution in [-0.4, -0.2) is 35.4 Å². The Hall–Kier alpha value is -1.42. The van der Waals surface area contributed by atoms with Gasteiger partial charge in [-0.2, -0.15) is 0 Å². The van der Waals surface area contributed by atoms with E-state index in [9.17, 15) is 4.79 Å². The average Bonchev–Trinajstić information content (AvgIpc) is 2.32. The number of primary amides is 1. The molecule has 1 fully saturated rings. The number of hydrogen-bond acceptors (Lipinski definition) is 3. The summed E-state index contributed by atoms with van der Waals surface area (Å²) in [6.45, 7) is 2.36. The lowest BCUT2D eigenvalue weighted by Crippen LogP contribution is -2.39. The fourth-order valence-corrected chi connectivity index (χ4v) is 2.42. The number of amides is 1. The number of rotatable bonds is 4. The lowest BCUT2D eigenvalue weighted by Gasteiger charge is -2.31. The molecule has 2 rings (SSSR count). The summed E-state index contributed by atoms with van der Waals surface area (Å²) in [5, 5.41) is 0. The van der Waals surface area contributed by atoms with Crippen molar-refractivity contribution in [2.45, 2.75) is 19.3 Å². The number of carbonyl (C=O) groups excluding carboxylic acids is 1. The molecule has 17 heavy (non-hydrogen) atoms. The van der Waals surface area contributed by atoms with Crippen molar-refractivity contribution in [3.8, 4) is 0 Å². The number of nitrogens with zero attached hydrogens (tertiary/aromatic N) is 2. The van der Waals surface area contributed by atoms with Gasteiger partial charge in [-0.05, 0) is 49.9 Å². The van der Waals surface area contributed by atoms with Crippen molar-refractivity contribution < 1.29 is 4.79 Å². The van der Waals surface area contributed by atoms with E-state index in [2.05, 4.69) is 16.0 Å². The van der Waals surface area contributed by atoms with Gasteiger partial charge in [0.1, 0.15) is 0 Å². The Morgan fingerprint density at radius 1 is 1.47 bits per heavy atom. The van der Waals surface area contributed by atoms with Gasteiger partial charge >= 0.3 is 0 Å². The van der Waals surface area contributed by atoms with Crippen LogP contribution in [0.2, 0.25) is 0 Å². The lowest BCUT2D eigenvalue weighted by molar-refractivity contribution is -0.119. The third kappa shape index (κ3) is 3.82. The molecule has 0 saturated carbocycles. The molecule has 0 atom stereocenters. The Balaban J connectivity index is 1.78. The van der Waals surface area contributed by atoms with Crippen molar-refractivity contribution in [2.24, 2.45) is 11.7 Å². The Morgan fingerprint density at radius 3 is 2.82 bits per heavy atom. The van der Waals surface area contributed by atoms with E-state index < -0.39 is 0 Å². The van der Waals surface area contributed by atoms with Crippen LogP contribution in [0.25, 0.3) is 0 Å². The monoisotopic (exact) mass is 233 g/mol. The third-order valence-corrected chi connectivity index (χ3v) is 3.33. The van der Waals surface area contributed by atoms with Crippen molar-refractivity contribution >= 4 is 5.91 Å². The molecule has 0 radical (unpaired) electrons. The molecule has 0 unspecified atom stereocenters. The highest BCUT2D eigenvalue weighted by Gasteiger charge is 2.20. The second-order valence-corrected chi connectivity index (χ2v) is 4.75. The van der Waals surface area contributed by atoms with Gasteiger partial charge in [0.25, 0.3) is 0 Å². The number of piperidine rings is 1. The minimum atomic E-state index is -0.226. The van der Waals surface area contributed by atoms with E-state index in [4.69, 9.17) is 5.73 Å². The van der Waals surface area contributed by atoms with E-state index in [1.165, 1.54) is 5.56 Å². The van der Waals surface area contributed by atoms with E-state index >= 15 is 0 Å². The number of pyridine rings is 1. The largest absolute Gasteiger partial charge is 0.369 e. The Bertz CT molecular complexity index is 358. The second kappa shape index (κ2) is 5.77. The maximum atomic E-state index is 10.8. The molecule has 0 aliphatic carbocycles. The molecule has 2 heterocycles. The van der Waals surface area contributed by atoms with Gasteiger partial charge in [-0.1, -0.05) is 6.07 Å². The summed E-state index contributed by atoms with van der Waals surface area (Å²) in [6.07, 6.45) is 7.12. The van der Waals surface area contributed by atoms with Crippen molar-refractivity contribution in [3.05, 3.63) is 30.1 Å². The molecule has 1 aromatic heterocycles. The number of aromatic nitrogens is 1. The molecule has 1 amide bonds. The normalized spacial score (nSPS) is 18.1. The molecule has 0 spiro atoms. The predicted molar refractivity (Wildman–Crippen MR) is 66.3 cm³/mol. The molecule has 1 saturated heterocycles. The summed E-state index contributed by atoms with van der Waals surface area (Å²) in [7, 11) is 0. The van der Waals surface area contributed by atoms with E-state index in [0.717, 1.165) is 32.4 Å². The molecule has 2 N–H and O–H groups in total. The SMILES string of the molecule is NC(=O)CN1CCC(Cc2cccnc2)CC1. The number of nitrogens with two attached hydrogens (primary N) is 1. The first-order valence-corrected chi connectivity index (χ1v) is 6.13. The first-order chi connectivity index (χ1) is 8.24. The van der Waals surface area contributed by atoms with Gasteiger partial charge in [-0.3, -0.25) is 14.7 Å². The van der Waals surface area contributed by atoms with E-state index in [1.807, 2.05) is 12.3 Å². The third-order valence-electron chi connectivity index (χ3n) is 3.33. The van der Waals surface area contributed by atoms with Gasteiger partial charge in [0, 0.05) is 12.4 Å². The van der Waals surface area contributed by atoms with Crippen molar-refractivity contribution in [2.75, 3.05) is 19.6 Å². The smallest absolute Gasteiger partial charge is 0.231 e. The van der Waals surface area contributed by atoms with Gasteiger partial charge in [0.2, 0.25) is 5.91 Å². The topological polar surface area (TPSA) is 59.2 Å². The zero-order valence-corrected chi connectivity index (χ0v) is 10.0. The maximum Gasteiger partial charge on any atom is 0.231 e. The standard InChI is InChI=1S/C13H19N3O/c14-13(17)10-16-6-3-11(4-7-16)8-12-2-1-5-15-9-12/h1-2,5,9,11H,3-4,6-8,10H2,(H2,14,17). The molecule has 4 heteroatoms. The van der Waals surface area contributed by atoms with Gasteiger partial charge in [-0.15, -0.1) is 0 Å². The van der Waals surface area contributed by atoms with Gasteiger partial charge < -0.3 is 5.73 Å². The van der Waals surface area contributed by atoms with E-state index in [-0.39, 0.29) is 5.91 Å². The highest BCUT2D eigenvalue weighted by atomic mass is 16.1. The molecular formula is C13H19N3O. The van der Waals surface area contributed by atoms with Crippen molar-refractivity contribution in [1.82, 2.24) is 9.88 Å². The van der Waals surface area contributed by atoms with Crippen LogP contribution in [-0.2, 0) is 11.2 Å². The van der Waals surface area contributed by atoms with E-state index in [0.29, 0.717) is 12.5 Å². The van der Waals surface area contributed by atoms with Crippen LogP contribution in [0.5, 0.6) is 0 Å². The Labute approximate surface area is 102 Å². The Morgan fingerprint density at radius 2 is 2.24 bits per heavy atom. The minimum Gasteiger partial charge on any atom is -0.369 e. The highest BCUT2D eigenvalue weighted by molar-refractivity contribution is 5.75. The molecular weight excluding hydrogens is 214 g/mol. The van der Waals surface area contributed by atoms with Crippen LogP contribution in [0.15, 0.2) is 24.5 Å². The minimum absolute atomic E-state index is 0.226. The van der Waals surface area contributed by atoms with Gasteiger partial charge in [0.05, 0.1) is 6.54 Å². The van der Waals surface area contributed by atoms with Crippen LogP contribution >= 0.6 is 0 Å². The summed E-state index contributed by atoms with van der Waals surface area (Å²) >= 11 is 0. The molecule has 4 nitrogen and oxygen atoms in total. The van der Waals surface area contributed by atoms with Crippen molar-refractivity contribution in [1.29, 1.82) is 0 Å². The number of hydrogen-bond donors (Lipinski definition) is 1. The molecule has 1 aliphatic heterocycles. The summed E-state index contributed by atoms with van der Waals surface area (Å²) in [5.41, 5.74) is 6.50. The fourth-order valence-electron chi connectivity index (χ4n) is 2.42. The maximum absolute atomic E-state index is 10.8. The van der Waals surface area contributed by atoms with Crippen LogP contribution < -0.4 is 5.73 Å². The molecule has 0 bridgehead atoms.